The molecular formula is C35H53BrO2. The quantitative estimate of drug-likeness (QED) is 0.101. The summed E-state index contributed by atoms with van der Waals surface area (Å²) in [5.41, 5.74) is 3.59. The zero-order chi connectivity index (χ0) is 27.3. The van der Waals surface area contributed by atoms with E-state index >= 15 is 0 Å². The summed E-state index contributed by atoms with van der Waals surface area (Å²) in [5, 5.41) is 0. The standard InChI is InChI=1S/C35H53BrO2/c1-4-6-8-10-12-14-16-18-25-37-34-24-23-31(27-30(3)32-21-20-22-33(36)29-32)28-35(34)38-26-19-17-15-13-11-9-7-5-2/h20-24,27-29H,4-19,25-26H2,1-3H3/b30-27-. The van der Waals surface area contributed by atoms with E-state index in [9.17, 15) is 0 Å². The second-order valence-corrected chi connectivity index (χ2v) is 11.6. The van der Waals surface area contributed by atoms with Crippen LogP contribution >= 0.6 is 15.9 Å². The van der Waals surface area contributed by atoms with Crippen LogP contribution in [0.3, 0.4) is 0 Å². The normalized spacial score (nSPS) is 11.6. The van der Waals surface area contributed by atoms with Crippen LogP contribution in [0, 0.1) is 0 Å². The van der Waals surface area contributed by atoms with Crippen molar-refractivity contribution in [2.24, 2.45) is 0 Å². The van der Waals surface area contributed by atoms with Crippen LogP contribution in [0.15, 0.2) is 46.9 Å². The number of ether oxygens (including phenoxy) is 2. The molecule has 2 rings (SSSR count). The summed E-state index contributed by atoms with van der Waals surface area (Å²) in [6, 6.07) is 14.8. The Bertz CT molecular complexity index is 905. The number of hydrogen-bond donors (Lipinski definition) is 0. The predicted octanol–water partition coefficient (Wildman–Crippen LogP) is 12.0. The summed E-state index contributed by atoms with van der Waals surface area (Å²) in [7, 11) is 0. The number of allylic oxidation sites excluding steroid dienone is 1. The molecule has 0 saturated heterocycles. The van der Waals surface area contributed by atoms with Gasteiger partial charge in [-0.25, -0.2) is 0 Å². The van der Waals surface area contributed by atoms with Gasteiger partial charge >= 0.3 is 0 Å². The van der Waals surface area contributed by atoms with Crippen molar-refractivity contribution in [2.45, 2.75) is 124 Å². The van der Waals surface area contributed by atoms with Crippen molar-refractivity contribution in [1.82, 2.24) is 0 Å². The summed E-state index contributed by atoms with van der Waals surface area (Å²) in [6.07, 6.45) is 23.1. The first-order chi connectivity index (χ1) is 18.6. The molecule has 0 amide bonds. The van der Waals surface area contributed by atoms with Gasteiger partial charge in [-0.2, -0.15) is 0 Å². The number of rotatable bonds is 22. The molecule has 0 bridgehead atoms. The van der Waals surface area contributed by atoms with E-state index in [1.165, 1.54) is 101 Å². The van der Waals surface area contributed by atoms with Crippen molar-refractivity contribution in [3.63, 3.8) is 0 Å². The third-order valence-corrected chi connectivity index (χ3v) is 7.64. The molecule has 0 fully saturated rings. The highest BCUT2D eigenvalue weighted by Gasteiger charge is 2.08. The van der Waals surface area contributed by atoms with E-state index in [0.717, 1.165) is 47.6 Å². The van der Waals surface area contributed by atoms with Gasteiger partial charge in [-0.15, -0.1) is 0 Å². The van der Waals surface area contributed by atoms with Gasteiger partial charge in [-0.1, -0.05) is 144 Å². The van der Waals surface area contributed by atoms with Crippen LogP contribution in [-0.4, -0.2) is 13.2 Å². The fourth-order valence-electron chi connectivity index (χ4n) is 4.75. The van der Waals surface area contributed by atoms with Gasteiger partial charge in [-0.3, -0.25) is 0 Å². The highest BCUT2D eigenvalue weighted by atomic mass is 79.9. The Labute approximate surface area is 242 Å². The lowest BCUT2D eigenvalue weighted by molar-refractivity contribution is 0.258. The Kier molecular flexibility index (Phi) is 18.1. The number of unbranched alkanes of at least 4 members (excludes halogenated alkanes) is 14. The third kappa shape index (κ3) is 14.4. The first-order valence-electron chi connectivity index (χ1n) is 15.5. The molecule has 2 aromatic carbocycles. The topological polar surface area (TPSA) is 18.5 Å². The summed E-state index contributed by atoms with van der Waals surface area (Å²) in [4.78, 5) is 0. The lowest BCUT2D eigenvalue weighted by Crippen LogP contribution is -2.03. The van der Waals surface area contributed by atoms with E-state index in [4.69, 9.17) is 9.47 Å². The maximum absolute atomic E-state index is 6.30. The fourth-order valence-corrected chi connectivity index (χ4v) is 5.15. The first-order valence-corrected chi connectivity index (χ1v) is 16.3. The van der Waals surface area contributed by atoms with Gasteiger partial charge in [0, 0.05) is 4.47 Å². The minimum absolute atomic E-state index is 0.751. The minimum atomic E-state index is 0.751. The molecule has 0 aliphatic rings. The van der Waals surface area contributed by atoms with Gasteiger partial charge in [-0.05, 0) is 60.7 Å². The monoisotopic (exact) mass is 584 g/mol. The molecule has 38 heavy (non-hydrogen) atoms. The number of halogens is 1. The van der Waals surface area contributed by atoms with Crippen LogP contribution in [0.25, 0.3) is 11.6 Å². The molecular weight excluding hydrogens is 532 g/mol. The lowest BCUT2D eigenvalue weighted by atomic mass is 10.0. The summed E-state index contributed by atoms with van der Waals surface area (Å²) < 4.78 is 13.6. The Hall–Kier alpha value is -1.74. The Balaban J connectivity index is 1.90. The fraction of sp³-hybridized carbons (Fsp3) is 0.600. The average Bonchev–Trinajstić information content (AvgIpc) is 2.92. The van der Waals surface area contributed by atoms with E-state index in [1.807, 2.05) is 0 Å². The van der Waals surface area contributed by atoms with Crippen LogP contribution < -0.4 is 9.47 Å². The van der Waals surface area contributed by atoms with Crippen LogP contribution in [-0.2, 0) is 0 Å². The zero-order valence-corrected chi connectivity index (χ0v) is 26.1. The van der Waals surface area contributed by atoms with Gasteiger partial charge in [0.15, 0.2) is 11.5 Å². The molecule has 2 nitrogen and oxygen atoms in total. The average molecular weight is 586 g/mol. The maximum atomic E-state index is 6.30. The maximum Gasteiger partial charge on any atom is 0.161 e. The van der Waals surface area contributed by atoms with Crippen molar-refractivity contribution in [1.29, 1.82) is 0 Å². The minimum Gasteiger partial charge on any atom is -0.490 e. The van der Waals surface area contributed by atoms with Crippen molar-refractivity contribution < 1.29 is 9.47 Å². The van der Waals surface area contributed by atoms with Gasteiger partial charge < -0.3 is 9.47 Å². The molecule has 0 aliphatic carbocycles. The molecule has 0 spiro atoms. The number of benzene rings is 2. The Morgan fingerprint density at radius 1 is 0.632 bits per heavy atom. The Morgan fingerprint density at radius 2 is 1.16 bits per heavy atom. The van der Waals surface area contributed by atoms with Gasteiger partial charge in [0.05, 0.1) is 13.2 Å². The van der Waals surface area contributed by atoms with E-state index in [1.54, 1.807) is 0 Å². The summed E-state index contributed by atoms with van der Waals surface area (Å²) >= 11 is 3.59. The van der Waals surface area contributed by atoms with Gasteiger partial charge in [0.1, 0.15) is 0 Å². The lowest BCUT2D eigenvalue weighted by Gasteiger charge is -2.14. The van der Waals surface area contributed by atoms with Crippen LogP contribution in [0.4, 0.5) is 0 Å². The van der Waals surface area contributed by atoms with Crippen molar-refractivity contribution >= 4 is 27.6 Å². The predicted molar refractivity (Wildman–Crippen MR) is 170 cm³/mol. The first kappa shape index (κ1) is 32.5. The molecule has 212 valence electrons. The largest absolute Gasteiger partial charge is 0.490 e. The van der Waals surface area contributed by atoms with Crippen LogP contribution in [0.1, 0.15) is 135 Å². The van der Waals surface area contributed by atoms with Crippen molar-refractivity contribution in [3.8, 4) is 11.5 Å². The van der Waals surface area contributed by atoms with Gasteiger partial charge in [0.2, 0.25) is 0 Å². The molecule has 0 aromatic heterocycles. The van der Waals surface area contributed by atoms with Crippen molar-refractivity contribution in [2.75, 3.05) is 13.2 Å². The molecule has 0 N–H and O–H groups in total. The molecule has 0 radical (unpaired) electrons. The van der Waals surface area contributed by atoms with Crippen LogP contribution in [0.2, 0.25) is 0 Å². The summed E-state index contributed by atoms with van der Waals surface area (Å²) in [5.74, 6) is 1.76. The Morgan fingerprint density at radius 3 is 1.71 bits per heavy atom. The number of hydrogen-bond acceptors (Lipinski definition) is 2. The molecule has 2 aromatic rings. The molecule has 0 heterocycles. The molecule has 0 unspecified atom stereocenters. The summed E-state index contributed by atoms with van der Waals surface area (Å²) in [6.45, 7) is 8.22. The highest BCUT2D eigenvalue weighted by Crippen LogP contribution is 2.31. The molecule has 0 atom stereocenters. The van der Waals surface area contributed by atoms with E-state index < -0.39 is 0 Å². The highest BCUT2D eigenvalue weighted by molar-refractivity contribution is 9.10. The van der Waals surface area contributed by atoms with E-state index in [0.29, 0.717) is 0 Å². The second kappa shape index (κ2) is 21.1. The third-order valence-electron chi connectivity index (χ3n) is 7.14. The zero-order valence-electron chi connectivity index (χ0n) is 24.5. The smallest absolute Gasteiger partial charge is 0.161 e. The van der Waals surface area contributed by atoms with E-state index in [2.05, 4.69) is 85.2 Å². The second-order valence-electron chi connectivity index (χ2n) is 10.7. The molecule has 0 aliphatic heterocycles. The van der Waals surface area contributed by atoms with Crippen LogP contribution in [0.5, 0.6) is 11.5 Å². The molecule has 3 heteroatoms. The SMILES string of the molecule is CCCCCCCCCCOc1ccc(/C=C(/C)c2cccc(Br)c2)cc1OCCCCCCCCCC. The molecule has 0 saturated carbocycles. The van der Waals surface area contributed by atoms with E-state index in [-0.39, 0.29) is 0 Å². The van der Waals surface area contributed by atoms with Crippen molar-refractivity contribution in [3.05, 3.63) is 58.1 Å². The van der Waals surface area contributed by atoms with Gasteiger partial charge in [0.25, 0.3) is 0 Å².